The molecule has 846 valence electrons. The Bertz CT molecular complexity index is 1930. The van der Waals surface area contributed by atoms with Crippen molar-refractivity contribution < 1.29 is 204 Å². The van der Waals surface area contributed by atoms with Crippen LogP contribution in [0.3, 0.4) is 0 Å². The molecule has 0 N–H and O–H groups in total. The van der Waals surface area contributed by atoms with E-state index < -0.39 is 0 Å². The zero-order chi connectivity index (χ0) is 100. The van der Waals surface area contributed by atoms with E-state index in [1.54, 1.807) is 0 Å². The maximum absolute atomic E-state index is 5.67. The molecule has 0 bridgehead atoms. The monoisotopic (exact) mass is 2060 g/mol. The highest BCUT2D eigenvalue weighted by molar-refractivity contribution is 4.52. The number of ether oxygens (including phenoxy) is 43. The fraction of sp³-hybridized carbons (Fsp3) is 0.980. The quantitative estimate of drug-likeness (QED) is 0.0515. The van der Waals surface area contributed by atoms with Crippen LogP contribution < -0.4 is 0 Å². The number of rotatable bonds is 138. The smallest absolute Gasteiger partial charge is 0.111 e. The fourth-order valence-corrected chi connectivity index (χ4v) is 11.0. The molecule has 0 atom stereocenters. The van der Waals surface area contributed by atoms with Crippen molar-refractivity contribution in [1.82, 2.24) is 0 Å². The van der Waals surface area contributed by atoms with Gasteiger partial charge >= 0.3 is 0 Å². The average molecular weight is 2060 g/mol. The van der Waals surface area contributed by atoms with Gasteiger partial charge in [0.1, 0.15) is 6.61 Å². The Morgan fingerprint density at radius 2 is 0.163 bits per heavy atom. The van der Waals surface area contributed by atoms with E-state index in [0.717, 1.165) is 13.0 Å². The molecule has 0 rings (SSSR count). The van der Waals surface area contributed by atoms with Crippen molar-refractivity contribution in [2.24, 2.45) is 0 Å². The van der Waals surface area contributed by atoms with E-state index in [0.29, 0.717) is 555 Å². The summed E-state index contributed by atoms with van der Waals surface area (Å²) in [6.45, 7) is 47.6. The molecule has 0 saturated carbocycles. The first-order valence-electron chi connectivity index (χ1n) is 51.9. The lowest BCUT2D eigenvalue weighted by Crippen LogP contribution is -2.16. The van der Waals surface area contributed by atoms with Crippen molar-refractivity contribution in [2.45, 2.75) is 71.1 Å². The molecule has 0 amide bonds. The Morgan fingerprint density at radius 1 is 0.0922 bits per heavy atom. The molecule has 0 saturated heterocycles. The maximum Gasteiger partial charge on any atom is 0.111 e. The van der Waals surface area contributed by atoms with Crippen LogP contribution in [0.5, 0.6) is 0 Å². The zero-order valence-corrected chi connectivity index (χ0v) is 87.0. The van der Waals surface area contributed by atoms with Gasteiger partial charge in [0.25, 0.3) is 0 Å². The Morgan fingerprint density at radius 3 is 0.248 bits per heavy atom. The van der Waals surface area contributed by atoms with E-state index in [1.165, 1.54) is 64.0 Å². The molecule has 0 spiro atoms. The molecule has 0 aliphatic heterocycles. The third-order valence-electron chi connectivity index (χ3n) is 18.4. The molecule has 0 aromatic heterocycles. The van der Waals surface area contributed by atoms with Crippen molar-refractivity contribution in [2.75, 3.05) is 562 Å². The topological polar surface area (TPSA) is 397 Å². The lowest BCUT2D eigenvalue weighted by atomic mass is 10.1. The summed E-state index contributed by atoms with van der Waals surface area (Å²) >= 11 is 0. The Kier molecular flexibility index (Phi) is 136. The van der Waals surface area contributed by atoms with Crippen LogP contribution in [0.25, 0.3) is 0 Å². The molecule has 0 aliphatic rings. The third-order valence-corrected chi connectivity index (χ3v) is 18.4. The fourth-order valence-electron chi connectivity index (χ4n) is 11.0. The van der Waals surface area contributed by atoms with Gasteiger partial charge in [-0.15, -0.1) is 0 Å². The Balaban J connectivity index is 3.11. The molecular formula is C98H196O43. The van der Waals surface area contributed by atoms with E-state index in [-0.39, 0.29) is 0 Å². The van der Waals surface area contributed by atoms with Gasteiger partial charge in [0, 0.05) is 6.61 Å². The van der Waals surface area contributed by atoms with Crippen molar-refractivity contribution >= 4 is 0 Å². The second-order valence-corrected chi connectivity index (χ2v) is 29.9. The molecule has 0 radical (unpaired) electrons. The summed E-state index contributed by atoms with van der Waals surface area (Å²) < 4.78 is 238. The van der Waals surface area contributed by atoms with Crippen molar-refractivity contribution in [3.05, 3.63) is 12.8 Å². The van der Waals surface area contributed by atoms with Gasteiger partial charge in [0.15, 0.2) is 0 Å². The van der Waals surface area contributed by atoms with Crippen LogP contribution in [0.15, 0.2) is 12.8 Å². The van der Waals surface area contributed by atoms with Crippen molar-refractivity contribution in [3.8, 4) is 0 Å². The average Bonchev–Trinajstić information content (AvgIpc) is 1.11. The SMILES string of the molecule is C=COCCOCCOCCOCCOCCOCCOCCOCCOCCOCCOCCOCCOCCOCCOCCOCCOCCOCCOCCOCCOCCOCCOCCOCCOCCOCCOCCOCCOCCOCCOCCOCCOCCOCCOCCOCCOCCOCCOCCOCCOCCOCCOCCCCCCCCCCCC. The van der Waals surface area contributed by atoms with Gasteiger partial charge in [0.05, 0.1) is 555 Å². The molecule has 43 heteroatoms. The number of hydrogen-bond acceptors (Lipinski definition) is 43. The summed E-state index contributed by atoms with van der Waals surface area (Å²) in [6.07, 6.45) is 14.7. The van der Waals surface area contributed by atoms with Crippen LogP contribution in [-0.4, -0.2) is 562 Å². The molecule has 0 aromatic carbocycles. The molecule has 0 aliphatic carbocycles. The van der Waals surface area contributed by atoms with Crippen LogP contribution in [0.2, 0.25) is 0 Å². The Labute approximate surface area is 845 Å². The lowest BCUT2D eigenvalue weighted by molar-refractivity contribution is -0.0329. The predicted molar refractivity (Wildman–Crippen MR) is 522 cm³/mol. The van der Waals surface area contributed by atoms with Gasteiger partial charge < -0.3 is 204 Å². The minimum atomic E-state index is 0.473. The molecule has 43 nitrogen and oxygen atoms in total. The molecular weight excluding hydrogens is 1870 g/mol. The van der Waals surface area contributed by atoms with E-state index >= 15 is 0 Å². The first-order chi connectivity index (χ1) is 70.4. The summed E-state index contributed by atoms with van der Waals surface area (Å²) in [6, 6.07) is 0. The van der Waals surface area contributed by atoms with Crippen LogP contribution in [-0.2, 0) is 204 Å². The second kappa shape index (κ2) is 138. The van der Waals surface area contributed by atoms with Crippen LogP contribution in [0.1, 0.15) is 71.1 Å². The highest BCUT2D eigenvalue weighted by Crippen LogP contribution is 2.11. The molecule has 141 heavy (non-hydrogen) atoms. The highest BCUT2D eigenvalue weighted by atomic mass is 16.7. The van der Waals surface area contributed by atoms with Crippen LogP contribution in [0, 0.1) is 0 Å². The van der Waals surface area contributed by atoms with Crippen molar-refractivity contribution in [3.63, 3.8) is 0 Å². The van der Waals surface area contributed by atoms with E-state index in [9.17, 15) is 0 Å². The minimum Gasteiger partial charge on any atom is -0.499 e. The van der Waals surface area contributed by atoms with Crippen molar-refractivity contribution in [1.29, 1.82) is 0 Å². The van der Waals surface area contributed by atoms with E-state index in [2.05, 4.69) is 13.5 Å². The normalized spacial score (nSPS) is 11.8. The first kappa shape index (κ1) is 139. The Hall–Kier alpha value is -2.14. The number of unbranched alkanes of at least 4 members (excludes halogenated alkanes) is 9. The molecule has 0 heterocycles. The molecule has 0 unspecified atom stereocenters. The predicted octanol–water partition coefficient (Wildman–Crippen LogP) is 5.76. The van der Waals surface area contributed by atoms with Gasteiger partial charge in [-0.1, -0.05) is 71.3 Å². The summed E-state index contributed by atoms with van der Waals surface area (Å²) in [7, 11) is 0. The standard InChI is InChI=1S/C98H196O43/c1-3-5-6-7-8-9-10-11-12-13-14-100-17-18-102-21-22-104-25-26-106-29-30-108-33-34-110-37-38-112-41-42-114-45-46-116-49-50-118-53-54-120-57-58-122-61-62-124-65-66-126-69-70-128-73-74-130-77-78-132-81-82-134-85-86-136-89-90-138-93-94-140-97-98-141-96-95-139-92-91-137-88-87-135-84-83-133-80-79-131-76-75-129-72-71-127-68-67-125-64-63-123-60-59-121-56-55-119-52-51-117-48-47-115-44-43-113-40-39-111-36-35-109-32-31-107-28-27-105-24-23-103-20-19-101-16-15-99-4-2/h4H,2-3,5-98H2,1H3. The van der Waals surface area contributed by atoms with Gasteiger partial charge in [0.2, 0.25) is 0 Å². The van der Waals surface area contributed by atoms with E-state index in [4.69, 9.17) is 204 Å². The van der Waals surface area contributed by atoms with Crippen LogP contribution >= 0.6 is 0 Å². The van der Waals surface area contributed by atoms with E-state index in [1.807, 2.05) is 0 Å². The maximum atomic E-state index is 5.67. The molecule has 0 aromatic rings. The minimum absolute atomic E-state index is 0.473. The highest BCUT2D eigenvalue weighted by Gasteiger charge is 2.07. The van der Waals surface area contributed by atoms with Gasteiger partial charge in [-0.25, -0.2) is 0 Å². The van der Waals surface area contributed by atoms with Gasteiger partial charge in [-0.3, -0.25) is 0 Å². The van der Waals surface area contributed by atoms with Gasteiger partial charge in [-0.05, 0) is 6.42 Å². The second-order valence-electron chi connectivity index (χ2n) is 29.9. The summed E-state index contributed by atoms with van der Waals surface area (Å²) in [5.41, 5.74) is 0. The third kappa shape index (κ3) is 138. The first-order valence-corrected chi connectivity index (χ1v) is 51.9. The summed E-state index contributed by atoms with van der Waals surface area (Å²) in [5.74, 6) is 0. The van der Waals surface area contributed by atoms with Crippen LogP contribution in [0.4, 0.5) is 0 Å². The number of hydrogen-bond donors (Lipinski definition) is 0. The zero-order valence-electron chi connectivity index (χ0n) is 87.0. The largest absolute Gasteiger partial charge is 0.499 e. The van der Waals surface area contributed by atoms with Gasteiger partial charge in [-0.2, -0.15) is 0 Å². The summed E-state index contributed by atoms with van der Waals surface area (Å²) in [4.78, 5) is 0. The lowest BCUT2D eigenvalue weighted by Gasteiger charge is -2.09. The molecule has 0 fully saturated rings. The summed E-state index contributed by atoms with van der Waals surface area (Å²) in [5, 5.41) is 0.